The summed E-state index contributed by atoms with van der Waals surface area (Å²) in [4.78, 5) is 39.0. The Bertz CT molecular complexity index is 926. The van der Waals surface area contributed by atoms with Gasteiger partial charge in [0.15, 0.2) is 17.0 Å². The summed E-state index contributed by atoms with van der Waals surface area (Å²) >= 11 is 0. The van der Waals surface area contributed by atoms with E-state index in [0.29, 0.717) is 5.56 Å². The number of nitrogens with zero attached hydrogens (tertiary/aromatic N) is 1. The summed E-state index contributed by atoms with van der Waals surface area (Å²) in [5, 5.41) is 22.3. The number of morpholine rings is 1. The van der Waals surface area contributed by atoms with E-state index in [1.165, 1.54) is 13.0 Å². The number of phenols is 1. The molecule has 1 spiro atoms. The summed E-state index contributed by atoms with van der Waals surface area (Å²) < 4.78 is 20.8. The molecule has 0 aromatic heterocycles. The molecule has 3 heterocycles. The van der Waals surface area contributed by atoms with E-state index in [0.717, 1.165) is 0 Å². The molecular weight excluding hydrogens is 371 g/mol. The number of rotatable bonds is 1. The van der Waals surface area contributed by atoms with E-state index in [4.69, 9.17) is 10.1 Å². The lowest BCUT2D eigenvalue weighted by atomic mass is 9.66. The number of aromatic hydroxyl groups is 1. The van der Waals surface area contributed by atoms with Crippen LogP contribution in [-0.4, -0.2) is 54.0 Å². The van der Waals surface area contributed by atoms with Crippen LogP contribution in [0.4, 0.5) is 14.9 Å². The molecule has 2 fully saturated rings. The van der Waals surface area contributed by atoms with Crippen LogP contribution in [0, 0.1) is 16.6 Å². The quantitative estimate of drug-likeness (QED) is 0.406. The topological polar surface area (TPSA) is 132 Å². The molecule has 1 aromatic carbocycles. The van der Waals surface area contributed by atoms with Crippen molar-refractivity contribution in [3.05, 3.63) is 23.0 Å². The Labute approximate surface area is 159 Å². The number of amides is 4. The Morgan fingerprint density at radius 2 is 2.00 bits per heavy atom. The Kier molecular flexibility index (Phi) is 3.93. The van der Waals surface area contributed by atoms with Crippen LogP contribution >= 0.6 is 0 Å². The highest BCUT2D eigenvalue weighted by Crippen LogP contribution is 2.48. The average molecular weight is 390 g/mol. The van der Waals surface area contributed by atoms with Gasteiger partial charge in [0.05, 0.1) is 24.4 Å². The van der Waals surface area contributed by atoms with Gasteiger partial charge in [0.25, 0.3) is 0 Å². The van der Waals surface area contributed by atoms with Gasteiger partial charge < -0.3 is 20.2 Å². The molecule has 148 valence electrons. The van der Waals surface area contributed by atoms with E-state index in [1.54, 1.807) is 11.8 Å². The van der Waals surface area contributed by atoms with Crippen molar-refractivity contribution in [2.24, 2.45) is 5.41 Å². The molecule has 9 nitrogen and oxygen atoms in total. The van der Waals surface area contributed by atoms with Crippen molar-refractivity contribution in [1.29, 1.82) is 5.41 Å². The fourth-order valence-corrected chi connectivity index (χ4v) is 4.55. The molecule has 3 aliphatic rings. The fourth-order valence-electron chi connectivity index (χ4n) is 4.55. The molecule has 0 saturated carbocycles. The number of nitrogens with one attached hydrogen (secondary N) is 3. The number of hydrogen-bond acceptors (Lipinski definition) is 7. The molecule has 1 unspecified atom stereocenters. The molecule has 2 atom stereocenters. The van der Waals surface area contributed by atoms with Gasteiger partial charge in [-0.25, -0.2) is 9.18 Å². The third kappa shape index (κ3) is 2.27. The van der Waals surface area contributed by atoms with Crippen molar-refractivity contribution >= 4 is 29.2 Å². The highest BCUT2D eigenvalue weighted by Gasteiger charge is 2.62. The Balaban J connectivity index is 1.98. The summed E-state index contributed by atoms with van der Waals surface area (Å²) in [7, 11) is 0. The van der Waals surface area contributed by atoms with Crippen LogP contribution in [-0.2, 0) is 20.7 Å². The van der Waals surface area contributed by atoms with Crippen LogP contribution in [0.3, 0.4) is 0 Å². The lowest BCUT2D eigenvalue weighted by Crippen LogP contribution is -2.74. The van der Waals surface area contributed by atoms with Crippen molar-refractivity contribution in [3.63, 3.8) is 0 Å². The predicted octanol–water partition coefficient (Wildman–Crippen LogP) is 0.421. The molecule has 3 aliphatic heterocycles. The maximum Gasteiger partial charge on any atom is 0.328 e. The average Bonchev–Trinajstić information content (AvgIpc) is 2.62. The molecule has 4 rings (SSSR count). The van der Waals surface area contributed by atoms with E-state index in [1.807, 2.05) is 0 Å². The van der Waals surface area contributed by atoms with Crippen LogP contribution in [0.5, 0.6) is 5.75 Å². The van der Waals surface area contributed by atoms with E-state index in [-0.39, 0.29) is 36.5 Å². The Morgan fingerprint density at radius 1 is 1.36 bits per heavy atom. The van der Waals surface area contributed by atoms with Gasteiger partial charge in [-0.05, 0) is 25.5 Å². The zero-order valence-electron chi connectivity index (χ0n) is 15.3. The maximum atomic E-state index is 15.1. The molecule has 4 amide bonds. The minimum atomic E-state index is -1.71. The second-order valence-corrected chi connectivity index (χ2v) is 7.32. The third-order valence-electron chi connectivity index (χ3n) is 5.72. The summed E-state index contributed by atoms with van der Waals surface area (Å²) in [5.41, 5.74) is -1.39. The summed E-state index contributed by atoms with van der Waals surface area (Å²) in [5.74, 6) is -3.10. The second-order valence-electron chi connectivity index (χ2n) is 7.32. The minimum absolute atomic E-state index is 0.0149. The SMILES string of the molecule is CC(=N)c1cc2c(c(F)c1O)N1CCO[C@@H](C)C1C1(C2)C(=O)NC(=O)NC1=O. The Hall–Kier alpha value is -3.01. The molecule has 0 bridgehead atoms. The molecule has 1 aromatic rings. The number of benzene rings is 1. The summed E-state index contributed by atoms with van der Waals surface area (Å²) in [6.45, 7) is 3.50. The van der Waals surface area contributed by atoms with Gasteiger partial charge in [-0.1, -0.05) is 0 Å². The maximum absolute atomic E-state index is 15.1. The van der Waals surface area contributed by atoms with Crippen LogP contribution in [0.25, 0.3) is 0 Å². The second kappa shape index (κ2) is 5.99. The van der Waals surface area contributed by atoms with Gasteiger partial charge in [0.1, 0.15) is 0 Å². The number of barbiturate groups is 1. The van der Waals surface area contributed by atoms with E-state index >= 15 is 4.39 Å². The Morgan fingerprint density at radius 3 is 2.61 bits per heavy atom. The van der Waals surface area contributed by atoms with Gasteiger partial charge in [0.2, 0.25) is 11.8 Å². The van der Waals surface area contributed by atoms with Crippen LogP contribution < -0.4 is 15.5 Å². The normalized spacial score (nSPS) is 25.7. The van der Waals surface area contributed by atoms with Crippen molar-refractivity contribution in [2.75, 3.05) is 18.1 Å². The number of carbonyl (C=O) groups is 3. The van der Waals surface area contributed by atoms with Crippen molar-refractivity contribution in [3.8, 4) is 5.75 Å². The number of urea groups is 1. The number of halogens is 1. The van der Waals surface area contributed by atoms with Gasteiger partial charge in [0, 0.05) is 24.2 Å². The van der Waals surface area contributed by atoms with E-state index < -0.39 is 47.0 Å². The number of phenolic OH excluding ortho intramolecular Hbond substituents is 1. The number of imide groups is 2. The first-order valence-corrected chi connectivity index (χ1v) is 8.83. The highest BCUT2D eigenvalue weighted by molar-refractivity contribution is 6.20. The largest absolute Gasteiger partial charge is 0.504 e. The van der Waals surface area contributed by atoms with Crippen molar-refractivity contribution in [2.45, 2.75) is 32.4 Å². The lowest BCUT2D eigenvalue weighted by molar-refractivity contribution is -0.151. The monoisotopic (exact) mass is 390 g/mol. The van der Waals surface area contributed by atoms with Gasteiger partial charge in [-0.3, -0.25) is 20.2 Å². The third-order valence-corrected chi connectivity index (χ3v) is 5.72. The van der Waals surface area contributed by atoms with Crippen LogP contribution in [0.15, 0.2) is 6.07 Å². The van der Waals surface area contributed by atoms with E-state index in [9.17, 15) is 19.5 Å². The molecule has 0 aliphatic carbocycles. The van der Waals surface area contributed by atoms with Gasteiger partial charge in [-0.2, -0.15) is 0 Å². The van der Waals surface area contributed by atoms with Gasteiger partial charge in [-0.15, -0.1) is 0 Å². The van der Waals surface area contributed by atoms with Crippen molar-refractivity contribution < 1.29 is 28.6 Å². The molecule has 2 saturated heterocycles. The summed E-state index contributed by atoms with van der Waals surface area (Å²) in [6.07, 6.45) is -0.808. The highest BCUT2D eigenvalue weighted by atomic mass is 19.1. The standard InChI is InChI=1S/C18H19FN4O5/c1-7(20)10-5-9-6-18(15(25)21-17(27)22-16(18)26)14-8(2)28-4-3-23(14)12(9)11(19)13(10)24/h5,8,14,20,24H,3-4,6H2,1-2H3,(H2,21,22,25,26,27)/t8-,14?/m0/s1. The molecular formula is C18H19FN4O5. The minimum Gasteiger partial charge on any atom is -0.504 e. The first-order valence-electron chi connectivity index (χ1n) is 8.83. The summed E-state index contributed by atoms with van der Waals surface area (Å²) in [6, 6.07) is -0.358. The first kappa shape index (κ1) is 18.4. The molecule has 10 heteroatoms. The predicted molar refractivity (Wildman–Crippen MR) is 94.9 cm³/mol. The number of hydrogen-bond donors (Lipinski definition) is 4. The fraction of sp³-hybridized carbons (Fsp3) is 0.444. The number of ether oxygens (including phenoxy) is 1. The first-order chi connectivity index (χ1) is 13.2. The van der Waals surface area contributed by atoms with E-state index in [2.05, 4.69) is 10.6 Å². The number of fused-ring (bicyclic) bond motifs is 4. The zero-order chi connectivity index (χ0) is 20.4. The van der Waals surface area contributed by atoms with Crippen LogP contribution in [0.2, 0.25) is 0 Å². The smallest absolute Gasteiger partial charge is 0.328 e. The number of anilines is 1. The van der Waals surface area contributed by atoms with Crippen molar-refractivity contribution in [1.82, 2.24) is 10.6 Å². The molecule has 4 N–H and O–H groups in total. The molecule has 0 radical (unpaired) electrons. The van der Waals surface area contributed by atoms with Crippen LogP contribution in [0.1, 0.15) is 25.0 Å². The molecule has 28 heavy (non-hydrogen) atoms. The zero-order valence-corrected chi connectivity index (χ0v) is 15.3. The van der Waals surface area contributed by atoms with Gasteiger partial charge >= 0.3 is 6.03 Å². The lowest BCUT2D eigenvalue weighted by Gasteiger charge is -2.54. The number of carbonyl (C=O) groups excluding carboxylic acids is 3.